The van der Waals surface area contributed by atoms with Gasteiger partial charge < -0.3 is 14.2 Å². The Morgan fingerprint density at radius 2 is 1.77 bits per heavy atom. The van der Waals surface area contributed by atoms with E-state index in [-0.39, 0.29) is 11.2 Å². The lowest BCUT2D eigenvalue weighted by Crippen LogP contribution is -2.42. The highest BCUT2D eigenvalue weighted by atomic mass is 32.2. The average Bonchev–Trinajstić information content (AvgIpc) is 3.21. The Labute approximate surface area is 181 Å². The van der Waals surface area contributed by atoms with E-state index in [2.05, 4.69) is 40.7 Å². The van der Waals surface area contributed by atoms with Crippen LogP contribution in [0.25, 0.3) is 11.4 Å². The summed E-state index contributed by atoms with van der Waals surface area (Å²) >= 11 is 1.47. The molecule has 3 aromatic rings. The van der Waals surface area contributed by atoms with Gasteiger partial charge in [-0.05, 0) is 25.0 Å². The molecule has 1 aliphatic rings. The van der Waals surface area contributed by atoms with Crippen LogP contribution in [-0.2, 0) is 16.1 Å². The number of thioether (sulfide) groups is 1. The number of amides is 1. The summed E-state index contributed by atoms with van der Waals surface area (Å²) in [4.78, 5) is 15.3. The van der Waals surface area contributed by atoms with Crippen molar-refractivity contribution in [3.63, 3.8) is 0 Å². The van der Waals surface area contributed by atoms with Crippen molar-refractivity contribution >= 4 is 17.7 Å². The molecule has 0 aliphatic carbocycles. The SMILES string of the molecule is CCn1c(S[C@H](C(=O)N2CCOCC2)c2ccccc2)nnc1-c1ccccc1C. The molecule has 1 atom stereocenters. The minimum Gasteiger partial charge on any atom is -0.378 e. The van der Waals surface area contributed by atoms with Crippen LogP contribution in [0.5, 0.6) is 0 Å². The van der Waals surface area contributed by atoms with Gasteiger partial charge in [-0.2, -0.15) is 0 Å². The third-order valence-corrected chi connectivity index (χ3v) is 6.51. The third kappa shape index (κ3) is 4.27. The molecule has 0 radical (unpaired) electrons. The van der Waals surface area contributed by atoms with Crippen molar-refractivity contribution in [1.29, 1.82) is 0 Å². The zero-order valence-corrected chi connectivity index (χ0v) is 18.1. The van der Waals surface area contributed by atoms with Crippen LogP contribution >= 0.6 is 11.8 Å². The summed E-state index contributed by atoms with van der Waals surface area (Å²) in [5.74, 6) is 0.932. The van der Waals surface area contributed by atoms with Crippen molar-refractivity contribution in [3.8, 4) is 11.4 Å². The number of hydrogen-bond acceptors (Lipinski definition) is 5. The van der Waals surface area contributed by atoms with Gasteiger partial charge in [0.15, 0.2) is 11.0 Å². The van der Waals surface area contributed by atoms with Gasteiger partial charge >= 0.3 is 0 Å². The molecule has 0 N–H and O–H groups in total. The number of rotatable bonds is 6. The van der Waals surface area contributed by atoms with Crippen LogP contribution in [0, 0.1) is 6.92 Å². The molecule has 7 heteroatoms. The smallest absolute Gasteiger partial charge is 0.240 e. The zero-order valence-electron chi connectivity index (χ0n) is 17.3. The molecule has 1 saturated heterocycles. The van der Waals surface area contributed by atoms with Gasteiger partial charge in [0.2, 0.25) is 5.91 Å². The zero-order chi connectivity index (χ0) is 20.9. The molecule has 2 heterocycles. The summed E-state index contributed by atoms with van der Waals surface area (Å²) in [5, 5.41) is 9.35. The summed E-state index contributed by atoms with van der Waals surface area (Å²) in [6.07, 6.45) is 0. The Kier molecular flexibility index (Phi) is 6.50. The van der Waals surface area contributed by atoms with E-state index in [4.69, 9.17) is 4.74 Å². The van der Waals surface area contributed by atoms with Crippen LogP contribution in [0.2, 0.25) is 0 Å². The maximum atomic E-state index is 13.4. The lowest BCUT2D eigenvalue weighted by Gasteiger charge is -2.30. The number of benzene rings is 2. The highest BCUT2D eigenvalue weighted by Gasteiger charge is 2.30. The Balaban J connectivity index is 1.68. The van der Waals surface area contributed by atoms with E-state index in [0.717, 1.165) is 34.2 Å². The second-order valence-corrected chi connectivity index (χ2v) is 8.28. The predicted molar refractivity (Wildman–Crippen MR) is 118 cm³/mol. The number of carbonyl (C=O) groups is 1. The van der Waals surface area contributed by atoms with Crippen molar-refractivity contribution < 1.29 is 9.53 Å². The van der Waals surface area contributed by atoms with Gasteiger partial charge in [-0.3, -0.25) is 4.79 Å². The van der Waals surface area contributed by atoms with E-state index in [9.17, 15) is 4.79 Å². The highest BCUT2D eigenvalue weighted by molar-refractivity contribution is 8.00. The van der Waals surface area contributed by atoms with E-state index < -0.39 is 0 Å². The molecule has 30 heavy (non-hydrogen) atoms. The van der Waals surface area contributed by atoms with Gasteiger partial charge in [-0.1, -0.05) is 66.4 Å². The number of nitrogens with zero attached hydrogens (tertiary/aromatic N) is 4. The molecule has 156 valence electrons. The molecular formula is C23H26N4O2S. The number of hydrogen-bond donors (Lipinski definition) is 0. The second-order valence-electron chi connectivity index (χ2n) is 7.21. The Bertz CT molecular complexity index is 999. The Hall–Kier alpha value is -2.64. The first-order chi connectivity index (χ1) is 14.7. The topological polar surface area (TPSA) is 60.2 Å². The van der Waals surface area contributed by atoms with Gasteiger partial charge in [0.05, 0.1) is 13.2 Å². The second kappa shape index (κ2) is 9.45. The molecule has 0 saturated carbocycles. The van der Waals surface area contributed by atoms with Crippen LogP contribution in [-0.4, -0.2) is 51.9 Å². The molecule has 1 aromatic heterocycles. The van der Waals surface area contributed by atoms with Gasteiger partial charge in [-0.15, -0.1) is 10.2 Å². The minimum absolute atomic E-state index is 0.0950. The Morgan fingerprint density at radius 1 is 1.07 bits per heavy atom. The molecule has 0 unspecified atom stereocenters. The summed E-state index contributed by atoms with van der Waals surface area (Å²) < 4.78 is 7.52. The summed E-state index contributed by atoms with van der Waals surface area (Å²) in [6.45, 7) is 7.30. The maximum Gasteiger partial charge on any atom is 0.240 e. The van der Waals surface area contributed by atoms with Crippen molar-refractivity contribution in [2.75, 3.05) is 26.3 Å². The van der Waals surface area contributed by atoms with Gasteiger partial charge in [-0.25, -0.2) is 0 Å². The molecule has 1 amide bonds. The summed E-state index contributed by atoms with van der Waals surface area (Å²) in [6, 6.07) is 18.1. The third-order valence-electron chi connectivity index (χ3n) is 5.29. The first kappa shape index (κ1) is 20.6. The molecule has 1 fully saturated rings. The van der Waals surface area contributed by atoms with Gasteiger partial charge in [0, 0.05) is 25.2 Å². The van der Waals surface area contributed by atoms with Crippen molar-refractivity contribution in [2.45, 2.75) is 30.8 Å². The lowest BCUT2D eigenvalue weighted by molar-refractivity contribution is -0.134. The van der Waals surface area contributed by atoms with E-state index in [1.54, 1.807) is 0 Å². The van der Waals surface area contributed by atoms with E-state index in [1.807, 2.05) is 47.4 Å². The minimum atomic E-state index is -0.372. The van der Waals surface area contributed by atoms with Crippen molar-refractivity contribution in [2.24, 2.45) is 0 Å². The number of carbonyl (C=O) groups excluding carboxylic acids is 1. The van der Waals surface area contributed by atoms with Crippen LogP contribution in [0.3, 0.4) is 0 Å². The molecule has 4 rings (SSSR count). The van der Waals surface area contributed by atoms with Crippen LogP contribution in [0.4, 0.5) is 0 Å². The molecule has 0 spiro atoms. The molecule has 6 nitrogen and oxygen atoms in total. The fourth-order valence-electron chi connectivity index (χ4n) is 3.63. The first-order valence-electron chi connectivity index (χ1n) is 10.3. The summed E-state index contributed by atoms with van der Waals surface area (Å²) in [7, 11) is 0. The number of aryl methyl sites for hydroxylation is 1. The van der Waals surface area contributed by atoms with E-state index >= 15 is 0 Å². The first-order valence-corrected chi connectivity index (χ1v) is 11.1. The molecule has 1 aliphatic heterocycles. The van der Waals surface area contributed by atoms with Crippen LogP contribution in [0.15, 0.2) is 59.8 Å². The number of ether oxygens (including phenoxy) is 1. The number of aromatic nitrogens is 3. The largest absolute Gasteiger partial charge is 0.378 e. The fourth-order valence-corrected chi connectivity index (χ4v) is 4.81. The van der Waals surface area contributed by atoms with Crippen LogP contribution < -0.4 is 0 Å². The van der Waals surface area contributed by atoms with Gasteiger partial charge in [0.25, 0.3) is 0 Å². The quantitative estimate of drug-likeness (QED) is 0.563. The predicted octanol–water partition coefficient (Wildman–Crippen LogP) is 3.97. The molecular weight excluding hydrogens is 396 g/mol. The van der Waals surface area contributed by atoms with E-state index in [1.165, 1.54) is 11.8 Å². The number of morpholine rings is 1. The average molecular weight is 423 g/mol. The normalized spacial score (nSPS) is 15.2. The highest BCUT2D eigenvalue weighted by Crippen LogP contribution is 2.37. The van der Waals surface area contributed by atoms with E-state index in [0.29, 0.717) is 26.3 Å². The van der Waals surface area contributed by atoms with Crippen molar-refractivity contribution in [1.82, 2.24) is 19.7 Å². The standard InChI is InChI=1S/C23H26N4O2S/c1-3-27-21(19-12-8-7-9-17(19)2)24-25-23(27)30-20(18-10-5-4-6-11-18)22(28)26-13-15-29-16-14-26/h4-12,20H,3,13-16H2,1-2H3/t20-/m0/s1. The summed E-state index contributed by atoms with van der Waals surface area (Å²) in [5.41, 5.74) is 3.19. The Morgan fingerprint density at radius 3 is 2.47 bits per heavy atom. The lowest BCUT2D eigenvalue weighted by atomic mass is 10.1. The van der Waals surface area contributed by atoms with Crippen LogP contribution in [0.1, 0.15) is 23.3 Å². The monoisotopic (exact) mass is 422 g/mol. The van der Waals surface area contributed by atoms with Crippen molar-refractivity contribution in [3.05, 3.63) is 65.7 Å². The maximum absolute atomic E-state index is 13.4. The van der Waals surface area contributed by atoms with Gasteiger partial charge in [0.1, 0.15) is 5.25 Å². The molecule has 0 bridgehead atoms. The molecule has 2 aromatic carbocycles. The fraction of sp³-hybridized carbons (Fsp3) is 0.348.